The van der Waals surface area contributed by atoms with Gasteiger partial charge in [0.2, 0.25) is 0 Å². The molecule has 0 saturated carbocycles. The van der Waals surface area contributed by atoms with Gasteiger partial charge in [0.15, 0.2) is 0 Å². The summed E-state index contributed by atoms with van der Waals surface area (Å²) in [4.78, 5) is 0. The van der Waals surface area contributed by atoms with Gasteiger partial charge in [-0.05, 0) is 29.8 Å². The van der Waals surface area contributed by atoms with Gasteiger partial charge < -0.3 is 10.4 Å². The molecule has 0 amide bonds. The molecule has 5 heteroatoms. The molecule has 2 aromatic carbocycles. The van der Waals surface area contributed by atoms with E-state index in [1.54, 1.807) is 30.3 Å². The Kier molecular flexibility index (Phi) is 4.38. The largest absolute Gasteiger partial charge is 0.508 e. The fraction of sp³-hybridized carbons (Fsp3) is 0.0769. The second kappa shape index (κ2) is 5.83. The number of hydrogen-bond donors (Lipinski definition) is 2. The molecular formula is C13H10BrCl2NO. The van der Waals surface area contributed by atoms with Crippen molar-refractivity contribution in [1.82, 2.24) is 0 Å². The van der Waals surface area contributed by atoms with Gasteiger partial charge in [0.1, 0.15) is 5.75 Å². The Morgan fingerprint density at radius 3 is 2.39 bits per heavy atom. The Morgan fingerprint density at radius 1 is 1.11 bits per heavy atom. The SMILES string of the molecule is Oc1cccc(CNc2c(Cl)cc(Br)cc2Cl)c1. The highest BCUT2D eigenvalue weighted by molar-refractivity contribution is 9.10. The summed E-state index contributed by atoms with van der Waals surface area (Å²) >= 11 is 15.5. The summed E-state index contributed by atoms with van der Waals surface area (Å²) in [6.45, 7) is 0.537. The molecule has 0 bridgehead atoms. The zero-order chi connectivity index (χ0) is 13.1. The molecule has 0 fully saturated rings. The van der Waals surface area contributed by atoms with Crippen LogP contribution >= 0.6 is 39.1 Å². The molecule has 2 aromatic rings. The van der Waals surface area contributed by atoms with Crippen LogP contribution in [0.15, 0.2) is 40.9 Å². The minimum Gasteiger partial charge on any atom is -0.508 e. The van der Waals surface area contributed by atoms with E-state index in [-0.39, 0.29) is 5.75 Å². The van der Waals surface area contributed by atoms with E-state index in [2.05, 4.69) is 21.2 Å². The van der Waals surface area contributed by atoms with E-state index in [0.29, 0.717) is 22.3 Å². The Bertz CT molecular complexity index is 552. The number of anilines is 1. The maximum Gasteiger partial charge on any atom is 0.115 e. The molecule has 2 N–H and O–H groups in total. The second-order valence-corrected chi connectivity index (χ2v) is 5.50. The smallest absolute Gasteiger partial charge is 0.115 e. The number of hydrogen-bond acceptors (Lipinski definition) is 2. The minimum atomic E-state index is 0.238. The number of phenols is 1. The molecule has 0 unspecified atom stereocenters. The van der Waals surface area contributed by atoms with Crippen molar-refractivity contribution >= 4 is 44.8 Å². The van der Waals surface area contributed by atoms with Crippen molar-refractivity contribution in [2.75, 3.05) is 5.32 Å². The summed E-state index contributed by atoms with van der Waals surface area (Å²) in [7, 11) is 0. The first kappa shape index (κ1) is 13.5. The van der Waals surface area contributed by atoms with Crippen LogP contribution in [0.2, 0.25) is 10.0 Å². The predicted octanol–water partition coefficient (Wildman–Crippen LogP) is 5.07. The van der Waals surface area contributed by atoms with Crippen molar-refractivity contribution in [3.05, 3.63) is 56.5 Å². The molecule has 0 heterocycles. The number of nitrogens with one attached hydrogen (secondary N) is 1. The van der Waals surface area contributed by atoms with Crippen LogP contribution < -0.4 is 5.32 Å². The van der Waals surface area contributed by atoms with Gasteiger partial charge in [-0.15, -0.1) is 0 Å². The van der Waals surface area contributed by atoms with Gasteiger partial charge in [0.05, 0.1) is 15.7 Å². The average Bonchev–Trinajstić information content (AvgIpc) is 2.27. The van der Waals surface area contributed by atoms with Crippen LogP contribution in [0.1, 0.15) is 5.56 Å². The lowest BCUT2D eigenvalue weighted by Crippen LogP contribution is -2.00. The third-order valence-corrected chi connectivity index (χ3v) is 3.44. The van der Waals surface area contributed by atoms with Crippen molar-refractivity contribution in [2.24, 2.45) is 0 Å². The van der Waals surface area contributed by atoms with Crippen LogP contribution in [0.4, 0.5) is 5.69 Å². The van der Waals surface area contributed by atoms with Gasteiger partial charge in [-0.1, -0.05) is 51.3 Å². The highest BCUT2D eigenvalue weighted by Crippen LogP contribution is 2.34. The standard InChI is InChI=1S/C13H10BrCl2NO/c14-9-5-11(15)13(12(16)6-9)17-7-8-2-1-3-10(18)4-8/h1-6,17-18H,7H2. The monoisotopic (exact) mass is 345 g/mol. The van der Waals surface area contributed by atoms with Gasteiger partial charge in [-0.3, -0.25) is 0 Å². The summed E-state index contributed by atoms with van der Waals surface area (Å²) in [5.74, 6) is 0.238. The zero-order valence-corrected chi connectivity index (χ0v) is 12.4. The van der Waals surface area contributed by atoms with E-state index in [1.807, 2.05) is 6.07 Å². The normalized spacial score (nSPS) is 10.4. The highest BCUT2D eigenvalue weighted by atomic mass is 79.9. The van der Waals surface area contributed by atoms with Crippen LogP contribution in [-0.2, 0) is 6.54 Å². The van der Waals surface area contributed by atoms with Gasteiger partial charge in [-0.2, -0.15) is 0 Å². The fourth-order valence-corrected chi connectivity index (χ4v) is 2.91. The lowest BCUT2D eigenvalue weighted by atomic mass is 10.2. The Morgan fingerprint density at radius 2 is 1.78 bits per heavy atom. The van der Waals surface area contributed by atoms with Crippen LogP contribution in [0.3, 0.4) is 0 Å². The van der Waals surface area contributed by atoms with Crippen LogP contribution in [0, 0.1) is 0 Å². The number of rotatable bonds is 3. The summed E-state index contributed by atoms with van der Waals surface area (Å²) in [5.41, 5.74) is 1.63. The van der Waals surface area contributed by atoms with Crippen LogP contribution in [0.25, 0.3) is 0 Å². The topological polar surface area (TPSA) is 32.3 Å². The quantitative estimate of drug-likeness (QED) is 0.812. The highest BCUT2D eigenvalue weighted by Gasteiger charge is 2.07. The first-order chi connectivity index (χ1) is 8.56. The molecule has 2 nitrogen and oxygen atoms in total. The molecule has 0 aliphatic heterocycles. The number of aromatic hydroxyl groups is 1. The second-order valence-electron chi connectivity index (χ2n) is 3.77. The summed E-state index contributed by atoms with van der Waals surface area (Å²) in [6, 6.07) is 10.6. The maximum atomic E-state index is 9.37. The zero-order valence-electron chi connectivity index (χ0n) is 9.25. The predicted molar refractivity (Wildman–Crippen MR) is 79.6 cm³/mol. The Labute approximate surface area is 124 Å². The van der Waals surface area contributed by atoms with Crippen molar-refractivity contribution < 1.29 is 5.11 Å². The molecular weight excluding hydrogens is 337 g/mol. The summed E-state index contributed by atoms with van der Waals surface area (Å²) < 4.78 is 0.834. The molecule has 0 saturated heterocycles. The van der Waals surface area contributed by atoms with Crippen molar-refractivity contribution in [3.63, 3.8) is 0 Å². The van der Waals surface area contributed by atoms with E-state index in [4.69, 9.17) is 23.2 Å². The molecule has 0 aliphatic carbocycles. The first-order valence-corrected chi connectivity index (χ1v) is 6.77. The maximum absolute atomic E-state index is 9.37. The minimum absolute atomic E-state index is 0.238. The van der Waals surface area contributed by atoms with E-state index in [1.165, 1.54) is 0 Å². The van der Waals surface area contributed by atoms with E-state index in [9.17, 15) is 5.11 Å². The van der Waals surface area contributed by atoms with Gasteiger partial charge in [-0.25, -0.2) is 0 Å². The van der Waals surface area contributed by atoms with Crippen molar-refractivity contribution in [2.45, 2.75) is 6.54 Å². The molecule has 0 spiro atoms. The molecule has 0 aromatic heterocycles. The van der Waals surface area contributed by atoms with Gasteiger partial charge in [0, 0.05) is 11.0 Å². The molecule has 0 aliphatic rings. The third-order valence-electron chi connectivity index (χ3n) is 2.39. The lowest BCUT2D eigenvalue weighted by molar-refractivity contribution is 0.474. The lowest BCUT2D eigenvalue weighted by Gasteiger charge is -2.11. The average molecular weight is 347 g/mol. The fourth-order valence-electron chi connectivity index (χ4n) is 1.57. The Hall–Kier alpha value is -0.900. The molecule has 2 rings (SSSR count). The molecule has 0 radical (unpaired) electrons. The van der Waals surface area contributed by atoms with Crippen molar-refractivity contribution in [1.29, 1.82) is 0 Å². The van der Waals surface area contributed by atoms with Gasteiger partial charge in [0.25, 0.3) is 0 Å². The van der Waals surface area contributed by atoms with Crippen LogP contribution in [-0.4, -0.2) is 5.11 Å². The molecule has 94 valence electrons. The van der Waals surface area contributed by atoms with E-state index < -0.39 is 0 Å². The first-order valence-electron chi connectivity index (χ1n) is 5.22. The number of halogens is 3. The van der Waals surface area contributed by atoms with Gasteiger partial charge >= 0.3 is 0 Å². The third kappa shape index (κ3) is 3.31. The molecule has 18 heavy (non-hydrogen) atoms. The molecule has 0 atom stereocenters. The summed E-state index contributed by atoms with van der Waals surface area (Å²) in [5, 5.41) is 13.6. The van der Waals surface area contributed by atoms with E-state index >= 15 is 0 Å². The number of benzene rings is 2. The van der Waals surface area contributed by atoms with Crippen LogP contribution in [0.5, 0.6) is 5.75 Å². The Balaban J connectivity index is 2.16. The number of phenolic OH excluding ortho intramolecular Hbond substituents is 1. The van der Waals surface area contributed by atoms with E-state index in [0.717, 1.165) is 10.0 Å². The summed E-state index contributed by atoms with van der Waals surface area (Å²) in [6.07, 6.45) is 0. The van der Waals surface area contributed by atoms with Crippen molar-refractivity contribution in [3.8, 4) is 5.75 Å².